The zero-order valence-corrected chi connectivity index (χ0v) is 26.7. The average Bonchev–Trinajstić information content (AvgIpc) is 3.38. The number of phosphoric acid groups is 3. The summed E-state index contributed by atoms with van der Waals surface area (Å²) in [6.07, 6.45) is 1.43. The van der Waals surface area contributed by atoms with Crippen molar-refractivity contribution in [2.45, 2.75) is 63.7 Å². The van der Waals surface area contributed by atoms with Crippen molar-refractivity contribution < 1.29 is 55.9 Å². The Balaban J connectivity index is 1.82. The summed E-state index contributed by atoms with van der Waals surface area (Å²) in [5, 5.41) is 0.531. The lowest BCUT2D eigenvalue weighted by molar-refractivity contribution is -0.0520. The first-order valence-corrected chi connectivity index (χ1v) is 18.7. The number of anilines is 1. The van der Waals surface area contributed by atoms with E-state index in [1.54, 1.807) is 21.6 Å². The Hall–Kier alpha value is -0.990. The van der Waals surface area contributed by atoms with Crippen LogP contribution in [0.1, 0.15) is 52.3 Å². The normalized spacial score (nSPS) is 22.7. The van der Waals surface area contributed by atoms with Gasteiger partial charge in [-0.25, -0.2) is 23.7 Å². The first-order valence-electron chi connectivity index (χ1n) is 11.9. The molecule has 0 radical (unpaired) electrons. The molecule has 3 heterocycles. The van der Waals surface area contributed by atoms with Crippen LogP contribution in [0.25, 0.3) is 11.0 Å². The van der Waals surface area contributed by atoms with Gasteiger partial charge in [0.05, 0.1) is 23.7 Å². The van der Waals surface area contributed by atoms with E-state index in [-0.39, 0.29) is 22.9 Å². The molecule has 0 bridgehead atoms. The van der Waals surface area contributed by atoms with Crippen LogP contribution < -0.4 is 5.73 Å². The highest BCUT2D eigenvalue weighted by Gasteiger charge is 2.43. The predicted octanol–water partition coefficient (Wildman–Crippen LogP) is 3.93. The summed E-state index contributed by atoms with van der Waals surface area (Å²) in [5.41, 5.74) is 7.11. The third-order valence-electron chi connectivity index (χ3n) is 4.99. The van der Waals surface area contributed by atoms with E-state index in [4.69, 9.17) is 29.5 Å². The molecule has 2 aromatic heterocycles. The SMILES string of the molecule is CCC#Cc1cn([C@H]2CC(OCSSC(C)(C)C)[C@@H](COP(=O)(O)OP(=O)(O)OP(=O)(O)O)O2)c2ncnc(N)c12. The summed E-state index contributed by atoms with van der Waals surface area (Å²) >= 11 is 0. The van der Waals surface area contributed by atoms with Crippen LogP contribution in [0.2, 0.25) is 0 Å². The highest BCUT2D eigenvalue weighted by molar-refractivity contribution is 8.77. The number of nitrogen functional groups attached to an aromatic ring is 1. The van der Waals surface area contributed by atoms with Gasteiger partial charge < -0.3 is 39.3 Å². The van der Waals surface area contributed by atoms with Crippen molar-refractivity contribution in [2.75, 3.05) is 18.3 Å². The molecule has 1 fully saturated rings. The Labute approximate surface area is 243 Å². The second-order valence-corrected chi connectivity index (χ2v) is 16.9. The van der Waals surface area contributed by atoms with Crippen molar-refractivity contribution in [2.24, 2.45) is 0 Å². The molecule has 0 saturated carbocycles. The number of nitrogens with two attached hydrogens (primary N) is 1. The van der Waals surface area contributed by atoms with Gasteiger partial charge in [0.25, 0.3) is 0 Å². The van der Waals surface area contributed by atoms with Crippen LogP contribution in [0.15, 0.2) is 12.5 Å². The predicted molar refractivity (Wildman–Crippen MR) is 152 cm³/mol. The minimum Gasteiger partial charge on any atom is -0.383 e. The third kappa shape index (κ3) is 10.6. The first kappa shape index (κ1) is 34.5. The number of ether oxygens (including phenoxy) is 2. The zero-order valence-electron chi connectivity index (χ0n) is 22.3. The zero-order chi connectivity index (χ0) is 30.6. The fourth-order valence-electron chi connectivity index (χ4n) is 3.59. The maximum atomic E-state index is 12.3. The Morgan fingerprint density at radius 2 is 1.88 bits per heavy atom. The summed E-state index contributed by atoms with van der Waals surface area (Å²) in [6, 6.07) is 0. The van der Waals surface area contributed by atoms with E-state index in [0.29, 0.717) is 23.0 Å². The highest BCUT2D eigenvalue weighted by atomic mass is 33.1. The van der Waals surface area contributed by atoms with Crippen LogP contribution in [0, 0.1) is 11.8 Å². The van der Waals surface area contributed by atoms with Gasteiger partial charge in [0, 0.05) is 23.8 Å². The molecule has 230 valence electrons. The van der Waals surface area contributed by atoms with Crippen molar-refractivity contribution in [1.82, 2.24) is 14.5 Å². The summed E-state index contributed by atoms with van der Waals surface area (Å²) in [7, 11) is -13.5. The number of hydrogen-bond acceptors (Lipinski definition) is 13. The molecular weight excluding hydrogens is 645 g/mol. The topological polar surface area (TPSA) is 235 Å². The molecule has 3 unspecified atom stereocenters. The maximum Gasteiger partial charge on any atom is 0.490 e. The lowest BCUT2D eigenvalue weighted by Gasteiger charge is -2.22. The molecule has 6 N–H and O–H groups in total. The van der Waals surface area contributed by atoms with Crippen molar-refractivity contribution >= 4 is 61.9 Å². The number of phosphoric ester groups is 1. The van der Waals surface area contributed by atoms with Gasteiger partial charge in [-0.05, 0) is 0 Å². The number of aromatic nitrogens is 3. The van der Waals surface area contributed by atoms with E-state index in [2.05, 4.69) is 30.4 Å². The Morgan fingerprint density at radius 3 is 2.51 bits per heavy atom. The molecule has 1 aliphatic heterocycles. The van der Waals surface area contributed by atoms with E-state index in [1.807, 2.05) is 27.7 Å². The number of hydrogen-bond donors (Lipinski definition) is 5. The van der Waals surface area contributed by atoms with Gasteiger partial charge in [0.15, 0.2) is 0 Å². The summed E-state index contributed by atoms with van der Waals surface area (Å²) in [4.78, 5) is 45.2. The molecule has 5 atom stereocenters. The van der Waals surface area contributed by atoms with Gasteiger partial charge in [0.2, 0.25) is 0 Å². The smallest absolute Gasteiger partial charge is 0.383 e. The number of fused-ring (bicyclic) bond motifs is 1. The lowest BCUT2D eigenvalue weighted by atomic mass is 10.2. The Morgan fingerprint density at radius 1 is 1.17 bits per heavy atom. The number of rotatable bonds is 12. The number of nitrogens with zero attached hydrogens (tertiary/aromatic N) is 3. The quantitative estimate of drug-likeness (QED) is 0.0704. The van der Waals surface area contributed by atoms with Gasteiger partial charge in [-0.15, -0.1) is 0 Å². The van der Waals surface area contributed by atoms with Gasteiger partial charge in [-0.1, -0.05) is 61.1 Å². The van der Waals surface area contributed by atoms with Crippen LogP contribution in [0.5, 0.6) is 0 Å². The Kier molecular flexibility index (Phi) is 11.6. The largest absolute Gasteiger partial charge is 0.490 e. The fraction of sp³-hybridized carbons (Fsp3) is 0.600. The monoisotopic (exact) mass is 676 g/mol. The standard InChI is InChI=1S/C20H31N4O12P3S2/c1-5-6-7-13-9-24(19-17(13)18(21)22-11-23-19)16-8-14(32-12-40-41-20(2,3)4)15(34-16)10-33-38(28,29)36-39(30,31)35-37(25,26)27/h9,11,14-16H,5,8,10,12H2,1-4H3,(H,28,29)(H,30,31)(H2,21,22,23)(H2,25,26,27)/t14?,15-,16-/m1/s1. The summed E-state index contributed by atoms with van der Waals surface area (Å²) in [5.74, 6) is 6.46. The molecule has 1 saturated heterocycles. The van der Waals surface area contributed by atoms with Crippen molar-refractivity contribution in [1.29, 1.82) is 0 Å². The summed E-state index contributed by atoms with van der Waals surface area (Å²) in [6.45, 7) is 7.34. The molecule has 16 nitrogen and oxygen atoms in total. The second-order valence-electron chi connectivity index (χ2n) is 9.45. The molecule has 0 aromatic carbocycles. The van der Waals surface area contributed by atoms with Crippen molar-refractivity contribution in [3.8, 4) is 11.8 Å². The van der Waals surface area contributed by atoms with Crippen LogP contribution in [0.3, 0.4) is 0 Å². The first-order chi connectivity index (χ1) is 18.9. The molecule has 0 spiro atoms. The van der Waals surface area contributed by atoms with Gasteiger partial charge in [-0.2, -0.15) is 8.62 Å². The van der Waals surface area contributed by atoms with E-state index in [1.165, 1.54) is 17.1 Å². The molecule has 3 rings (SSSR count). The molecule has 0 aliphatic carbocycles. The van der Waals surface area contributed by atoms with Crippen LogP contribution in [0.4, 0.5) is 5.82 Å². The van der Waals surface area contributed by atoms with E-state index >= 15 is 0 Å². The van der Waals surface area contributed by atoms with E-state index in [9.17, 15) is 23.5 Å². The average molecular weight is 677 g/mol. The Bertz CT molecular complexity index is 1440. The molecular formula is C20H31N4O12P3S2. The summed E-state index contributed by atoms with van der Waals surface area (Å²) < 4.78 is 61.0. The van der Waals surface area contributed by atoms with Crippen molar-refractivity contribution in [3.05, 3.63) is 18.1 Å². The van der Waals surface area contributed by atoms with Crippen LogP contribution >= 0.6 is 45.1 Å². The van der Waals surface area contributed by atoms with Crippen molar-refractivity contribution in [3.63, 3.8) is 0 Å². The fourth-order valence-corrected chi connectivity index (χ4v) is 8.62. The minimum atomic E-state index is -5.67. The maximum absolute atomic E-state index is 12.3. The van der Waals surface area contributed by atoms with Crippen LogP contribution in [-0.4, -0.2) is 63.6 Å². The van der Waals surface area contributed by atoms with Crippen LogP contribution in [-0.2, 0) is 36.3 Å². The molecule has 21 heteroatoms. The van der Waals surface area contributed by atoms with Gasteiger partial charge in [0.1, 0.15) is 36.1 Å². The molecule has 1 aliphatic rings. The lowest BCUT2D eigenvalue weighted by Crippen LogP contribution is -2.29. The van der Waals surface area contributed by atoms with E-state index in [0.717, 1.165) is 0 Å². The molecule has 41 heavy (non-hydrogen) atoms. The third-order valence-corrected chi connectivity index (χ3v) is 11.8. The van der Waals surface area contributed by atoms with Gasteiger partial charge in [-0.3, -0.25) is 4.52 Å². The second kappa shape index (κ2) is 13.8. The molecule has 2 aromatic rings. The minimum absolute atomic E-state index is 0.0425. The highest BCUT2D eigenvalue weighted by Crippen LogP contribution is 2.66. The van der Waals surface area contributed by atoms with Gasteiger partial charge >= 0.3 is 23.5 Å². The molecule has 0 amide bonds. The van der Waals surface area contributed by atoms with E-state index < -0.39 is 48.5 Å².